The Bertz CT molecular complexity index is 280. The summed E-state index contributed by atoms with van der Waals surface area (Å²) in [6.07, 6.45) is -1.49. The number of hydrogen-bond donors (Lipinski definition) is 1. The van der Waals surface area contributed by atoms with E-state index in [9.17, 15) is 13.2 Å². The largest absolute Gasteiger partial charge is 0.406 e. The molecule has 1 aromatic heterocycles. The van der Waals surface area contributed by atoms with Gasteiger partial charge in [-0.25, -0.2) is 4.98 Å². The third kappa shape index (κ3) is 3.37. The normalized spacial score (nSPS) is 12.0. The summed E-state index contributed by atoms with van der Waals surface area (Å²) < 4.78 is 37.3. The molecule has 0 bridgehead atoms. The number of hydrogen-bond acceptors (Lipinski definition) is 2. The van der Waals surface area contributed by atoms with Crippen molar-refractivity contribution in [3.63, 3.8) is 0 Å². The quantitative estimate of drug-likeness (QED) is 0.811. The Labute approximate surface area is 79.9 Å². The maximum Gasteiger partial charge on any atom is 0.406 e. The van der Waals surface area contributed by atoms with Crippen LogP contribution in [0.1, 0.15) is 12.7 Å². The van der Waals surface area contributed by atoms with Crippen LogP contribution in [0.25, 0.3) is 0 Å². The molecule has 0 saturated carbocycles. The highest BCUT2D eigenvalue weighted by atomic mass is 19.4. The minimum Gasteiger partial charge on any atom is -0.325 e. The van der Waals surface area contributed by atoms with Gasteiger partial charge in [0.1, 0.15) is 12.4 Å². The van der Waals surface area contributed by atoms with Crippen molar-refractivity contribution < 1.29 is 13.2 Å². The van der Waals surface area contributed by atoms with Crippen LogP contribution in [-0.2, 0) is 13.1 Å². The van der Waals surface area contributed by atoms with E-state index in [4.69, 9.17) is 0 Å². The minimum absolute atomic E-state index is 0.361. The van der Waals surface area contributed by atoms with Crippen molar-refractivity contribution in [1.82, 2.24) is 14.9 Å². The fourth-order valence-corrected chi connectivity index (χ4v) is 1.08. The van der Waals surface area contributed by atoms with Crippen molar-refractivity contribution in [1.29, 1.82) is 0 Å². The first-order chi connectivity index (χ1) is 6.53. The second-order valence-corrected chi connectivity index (χ2v) is 2.87. The fraction of sp³-hybridized carbons (Fsp3) is 0.625. The number of halogens is 3. The zero-order valence-corrected chi connectivity index (χ0v) is 7.80. The van der Waals surface area contributed by atoms with Gasteiger partial charge in [0.25, 0.3) is 0 Å². The van der Waals surface area contributed by atoms with Crippen molar-refractivity contribution in [2.24, 2.45) is 0 Å². The zero-order chi connectivity index (χ0) is 10.6. The van der Waals surface area contributed by atoms with Crippen LogP contribution in [0.4, 0.5) is 13.2 Å². The SMILES string of the molecule is CCNCc1nccn1CC(F)(F)F. The standard InChI is InChI=1S/C8H12F3N3/c1-2-12-5-7-13-3-4-14(7)6-8(9,10)11/h3-4,12H,2,5-6H2,1H3. The number of imidazole rings is 1. The van der Waals surface area contributed by atoms with Crippen molar-refractivity contribution in [3.8, 4) is 0 Å². The number of aromatic nitrogens is 2. The molecule has 0 aliphatic carbocycles. The zero-order valence-electron chi connectivity index (χ0n) is 7.80. The van der Waals surface area contributed by atoms with Gasteiger partial charge in [-0.05, 0) is 6.54 Å². The monoisotopic (exact) mass is 207 g/mol. The van der Waals surface area contributed by atoms with E-state index in [2.05, 4.69) is 10.3 Å². The van der Waals surface area contributed by atoms with Crippen LogP contribution in [0.3, 0.4) is 0 Å². The molecule has 1 rings (SSSR count). The molecule has 0 aliphatic rings. The van der Waals surface area contributed by atoms with Gasteiger partial charge in [-0.2, -0.15) is 13.2 Å². The Balaban J connectivity index is 2.63. The number of rotatable bonds is 4. The molecule has 1 heterocycles. The molecule has 80 valence electrons. The summed E-state index contributed by atoms with van der Waals surface area (Å²) in [4.78, 5) is 3.84. The summed E-state index contributed by atoms with van der Waals surface area (Å²) in [6, 6.07) is 0. The van der Waals surface area contributed by atoms with Gasteiger partial charge in [-0.15, -0.1) is 0 Å². The van der Waals surface area contributed by atoms with E-state index >= 15 is 0 Å². The third-order valence-corrected chi connectivity index (χ3v) is 1.68. The first kappa shape index (κ1) is 11.0. The molecule has 3 nitrogen and oxygen atoms in total. The number of alkyl halides is 3. The van der Waals surface area contributed by atoms with E-state index in [1.807, 2.05) is 6.92 Å². The molecular weight excluding hydrogens is 195 g/mol. The molecule has 0 radical (unpaired) electrons. The van der Waals surface area contributed by atoms with Crippen LogP contribution in [0.15, 0.2) is 12.4 Å². The van der Waals surface area contributed by atoms with Gasteiger partial charge in [-0.1, -0.05) is 6.92 Å². The summed E-state index contributed by atoms with van der Waals surface area (Å²) in [5.74, 6) is 0.407. The van der Waals surface area contributed by atoms with Gasteiger partial charge >= 0.3 is 6.18 Å². The summed E-state index contributed by atoms with van der Waals surface area (Å²) in [5.41, 5.74) is 0. The molecule has 0 spiro atoms. The predicted octanol–water partition coefficient (Wildman–Crippen LogP) is 1.55. The lowest BCUT2D eigenvalue weighted by Gasteiger charge is -2.10. The summed E-state index contributed by atoms with van der Waals surface area (Å²) in [5, 5.41) is 2.93. The van der Waals surface area contributed by atoms with Crippen LogP contribution in [-0.4, -0.2) is 22.3 Å². The van der Waals surface area contributed by atoms with Crippen LogP contribution in [0.2, 0.25) is 0 Å². The van der Waals surface area contributed by atoms with Gasteiger partial charge in [0.15, 0.2) is 0 Å². The Hall–Kier alpha value is -1.04. The van der Waals surface area contributed by atoms with Crippen LogP contribution >= 0.6 is 0 Å². The minimum atomic E-state index is -4.19. The van der Waals surface area contributed by atoms with E-state index in [1.54, 1.807) is 0 Å². The highest BCUT2D eigenvalue weighted by Gasteiger charge is 2.28. The average Bonchev–Trinajstić information content (AvgIpc) is 2.45. The molecule has 0 saturated heterocycles. The maximum atomic E-state index is 12.1. The molecule has 1 N–H and O–H groups in total. The first-order valence-electron chi connectivity index (χ1n) is 4.30. The van der Waals surface area contributed by atoms with E-state index in [0.29, 0.717) is 18.9 Å². The fourth-order valence-electron chi connectivity index (χ4n) is 1.08. The summed E-state index contributed by atoms with van der Waals surface area (Å²) >= 11 is 0. The van der Waals surface area contributed by atoms with Crippen LogP contribution < -0.4 is 5.32 Å². The molecular formula is C8H12F3N3. The van der Waals surface area contributed by atoms with Gasteiger partial charge in [0.2, 0.25) is 0 Å². The van der Waals surface area contributed by atoms with E-state index in [1.165, 1.54) is 12.4 Å². The smallest absolute Gasteiger partial charge is 0.325 e. The van der Waals surface area contributed by atoms with Gasteiger partial charge < -0.3 is 9.88 Å². The molecule has 0 aromatic carbocycles. The maximum absolute atomic E-state index is 12.1. The van der Waals surface area contributed by atoms with Gasteiger partial charge in [-0.3, -0.25) is 0 Å². The molecule has 6 heteroatoms. The van der Waals surface area contributed by atoms with Crippen LogP contribution in [0, 0.1) is 0 Å². The second-order valence-electron chi connectivity index (χ2n) is 2.87. The third-order valence-electron chi connectivity index (χ3n) is 1.68. The Kier molecular flexibility index (Phi) is 3.51. The number of nitrogens with zero attached hydrogens (tertiary/aromatic N) is 2. The number of nitrogens with one attached hydrogen (secondary N) is 1. The molecule has 0 unspecified atom stereocenters. The van der Waals surface area contributed by atoms with Gasteiger partial charge in [0, 0.05) is 12.4 Å². The highest BCUT2D eigenvalue weighted by Crippen LogP contribution is 2.18. The first-order valence-corrected chi connectivity index (χ1v) is 4.30. The predicted molar refractivity (Wildman–Crippen MR) is 45.7 cm³/mol. The molecule has 0 atom stereocenters. The Morgan fingerprint density at radius 1 is 1.50 bits per heavy atom. The Morgan fingerprint density at radius 2 is 2.21 bits per heavy atom. The van der Waals surface area contributed by atoms with Crippen molar-refractivity contribution in [2.75, 3.05) is 6.54 Å². The average molecular weight is 207 g/mol. The molecule has 1 aromatic rings. The Morgan fingerprint density at radius 3 is 2.79 bits per heavy atom. The lowest BCUT2D eigenvalue weighted by Crippen LogP contribution is -2.22. The molecule has 0 amide bonds. The van der Waals surface area contributed by atoms with Crippen molar-refractivity contribution in [3.05, 3.63) is 18.2 Å². The lowest BCUT2D eigenvalue weighted by molar-refractivity contribution is -0.141. The van der Waals surface area contributed by atoms with Crippen molar-refractivity contribution in [2.45, 2.75) is 26.2 Å². The topological polar surface area (TPSA) is 29.9 Å². The summed E-state index contributed by atoms with van der Waals surface area (Å²) in [7, 11) is 0. The van der Waals surface area contributed by atoms with Gasteiger partial charge in [0.05, 0.1) is 6.54 Å². The molecule has 0 aliphatic heterocycles. The van der Waals surface area contributed by atoms with E-state index < -0.39 is 12.7 Å². The second kappa shape index (κ2) is 4.45. The lowest BCUT2D eigenvalue weighted by atomic mass is 10.5. The summed E-state index contributed by atoms with van der Waals surface area (Å²) in [6.45, 7) is 1.98. The molecule has 14 heavy (non-hydrogen) atoms. The van der Waals surface area contributed by atoms with Crippen molar-refractivity contribution >= 4 is 0 Å². The van der Waals surface area contributed by atoms with E-state index in [0.717, 1.165) is 4.57 Å². The van der Waals surface area contributed by atoms with Crippen LogP contribution in [0.5, 0.6) is 0 Å². The van der Waals surface area contributed by atoms with E-state index in [-0.39, 0.29) is 0 Å². The highest BCUT2D eigenvalue weighted by molar-refractivity contribution is 4.92. The molecule has 0 fully saturated rings.